The summed E-state index contributed by atoms with van der Waals surface area (Å²) in [5.41, 5.74) is -1.48. The second kappa shape index (κ2) is 6.68. The van der Waals surface area contributed by atoms with Crippen molar-refractivity contribution >= 4 is 12.4 Å². The molecule has 1 aromatic rings. The van der Waals surface area contributed by atoms with Gasteiger partial charge in [-0.2, -0.15) is 0 Å². The largest absolute Gasteiger partial charge is 0.497 e. The number of nitrogens with one attached hydrogen (secondary N) is 1. The number of rotatable bonds is 5. The van der Waals surface area contributed by atoms with E-state index in [9.17, 15) is 9.59 Å². The van der Waals surface area contributed by atoms with E-state index in [-0.39, 0.29) is 0 Å². The Kier molecular flexibility index (Phi) is 5.41. The second-order valence-corrected chi connectivity index (χ2v) is 6.01. The van der Waals surface area contributed by atoms with Crippen molar-refractivity contribution in [2.75, 3.05) is 14.2 Å². The highest BCUT2D eigenvalue weighted by molar-refractivity contribution is 5.79. The highest BCUT2D eigenvalue weighted by Crippen LogP contribution is 2.32. The predicted octanol–water partition coefficient (Wildman–Crippen LogP) is 2.64. The number of alkyl carbamates (subject to hydrolysis) is 1. The average molecular weight is 309 g/mol. The SMILES string of the molecule is COc1ccc(OC)c(C(C)(C=O)NC(=O)OC(C)(C)C)c1. The molecule has 0 aromatic heterocycles. The molecular formula is C16H23NO5. The van der Waals surface area contributed by atoms with Gasteiger partial charge in [-0.05, 0) is 45.9 Å². The first-order valence-corrected chi connectivity index (χ1v) is 6.85. The summed E-state index contributed by atoms with van der Waals surface area (Å²) < 4.78 is 15.6. The average Bonchev–Trinajstić information content (AvgIpc) is 2.44. The fourth-order valence-electron chi connectivity index (χ4n) is 1.90. The lowest BCUT2D eigenvalue weighted by Crippen LogP contribution is -2.47. The highest BCUT2D eigenvalue weighted by Gasteiger charge is 2.33. The van der Waals surface area contributed by atoms with Crippen molar-refractivity contribution in [3.63, 3.8) is 0 Å². The number of carbonyl (C=O) groups excluding carboxylic acids is 2. The third-order valence-corrected chi connectivity index (χ3v) is 2.96. The predicted molar refractivity (Wildman–Crippen MR) is 82.3 cm³/mol. The molecule has 1 aromatic carbocycles. The zero-order valence-electron chi connectivity index (χ0n) is 13.9. The minimum absolute atomic E-state index is 0.464. The molecule has 6 nitrogen and oxygen atoms in total. The zero-order valence-corrected chi connectivity index (χ0v) is 13.9. The van der Waals surface area contributed by atoms with Crippen LogP contribution in [0.1, 0.15) is 33.3 Å². The number of ether oxygens (including phenoxy) is 3. The first kappa shape index (κ1) is 17.8. The fraction of sp³-hybridized carbons (Fsp3) is 0.500. The summed E-state index contributed by atoms with van der Waals surface area (Å²) in [6.45, 7) is 6.81. The first-order chi connectivity index (χ1) is 10.1. The maximum absolute atomic E-state index is 12.0. The van der Waals surface area contributed by atoms with Gasteiger partial charge in [-0.3, -0.25) is 0 Å². The lowest BCUT2D eigenvalue weighted by molar-refractivity contribution is -0.113. The Bertz CT molecular complexity index is 550. The maximum atomic E-state index is 12.0. The monoisotopic (exact) mass is 309 g/mol. The van der Waals surface area contributed by atoms with Gasteiger partial charge in [0.15, 0.2) is 0 Å². The molecule has 0 aliphatic rings. The van der Waals surface area contributed by atoms with Gasteiger partial charge in [0.05, 0.1) is 14.2 Å². The number of hydrogen-bond donors (Lipinski definition) is 1. The molecule has 0 saturated heterocycles. The Hall–Kier alpha value is -2.24. The Balaban J connectivity index is 3.17. The fourth-order valence-corrected chi connectivity index (χ4v) is 1.90. The van der Waals surface area contributed by atoms with Crippen LogP contribution in [0.3, 0.4) is 0 Å². The van der Waals surface area contributed by atoms with Crippen LogP contribution < -0.4 is 14.8 Å². The number of hydrogen-bond acceptors (Lipinski definition) is 5. The molecule has 0 saturated carbocycles. The van der Waals surface area contributed by atoms with Gasteiger partial charge in [0.1, 0.15) is 28.9 Å². The summed E-state index contributed by atoms with van der Waals surface area (Å²) in [5.74, 6) is 1.02. The van der Waals surface area contributed by atoms with Gasteiger partial charge in [0.2, 0.25) is 0 Å². The molecule has 22 heavy (non-hydrogen) atoms. The van der Waals surface area contributed by atoms with E-state index in [0.717, 1.165) is 0 Å². The van der Waals surface area contributed by atoms with E-state index in [1.807, 2.05) is 0 Å². The van der Waals surface area contributed by atoms with E-state index >= 15 is 0 Å². The van der Waals surface area contributed by atoms with E-state index in [1.54, 1.807) is 45.9 Å². The van der Waals surface area contributed by atoms with Crippen LogP contribution in [0.2, 0.25) is 0 Å². The normalized spacial score (nSPS) is 13.7. The number of aldehydes is 1. The molecule has 122 valence electrons. The Morgan fingerprint density at radius 1 is 1.14 bits per heavy atom. The van der Waals surface area contributed by atoms with Crippen LogP contribution in [0.15, 0.2) is 18.2 Å². The number of amides is 1. The number of carbonyl (C=O) groups is 2. The molecule has 0 heterocycles. The third kappa shape index (κ3) is 4.38. The minimum atomic E-state index is -1.30. The molecule has 1 atom stereocenters. The molecular weight excluding hydrogens is 286 g/mol. The van der Waals surface area contributed by atoms with Gasteiger partial charge >= 0.3 is 6.09 Å². The molecule has 1 amide bonds. The van der Waals surface area contributed by atoms with E-state index in [0.29, 0.717) is 23.3 Å². The summed E-state index contributed by atoms with van der Waals surface area (Å²) in [6.07, 6.45) is -0.0548. The molecule has 0 spiro atoms. The minimum Gasteiger partial charge on any atom is -0.497 e. The first-order valence-electron chi connectivity index (χ1n) is 6.85. The molecule has 0 aliphatic carbocycles. The summed E-state index contributed by atoms with van der Waals surface area (Å²) in [6, 6.07) is 5.03. The standard InChI is InChI=1S/C16H23NO5/c1-15(2,3)22-14(19)17-16(4,10-18)12-9-11(20-5)7-8-13(12)21-6/h7-10H,1-6H3,(H,17,19). The molecule has 1 rings (SSSR count). The van der Waals surface area contributed by atoms with E-state index in [1.165, 1.54) is 14.2 Å². The summed E-state index contributed by atoms with van der Waals surface area (Å²) >= 11 is 0. The van der Waals surface area contributed by atoms with Crippen molar-refractivity contribution in [1.82, 2.24) is 5.32 Å². The van der Waals surface area contributed by atoms with Crippen molar-refractivity contribution in [1.29, 1.82) is 0 Å². The number of benzene rings is 1. The van der Waals surface area contributed by atoms with Gasteiger partial charge in [-0.15, -0.1) is 0 Å². The summed E-state index contributed by atoms with van der Waals surface area (Å²) in [4.78, 5) is 23.6. The van der Waals surface area contributed by atoms with Crippen LogP contribution in [0, 0.1) is 0 Å². The van der Waals surface area contributed by atoms with Crippen molar-refractivity contribution in [2.45, 2.75) is 38.8 Å². The maximum Gasteiger partial charge on any atom is 0.408 e. The summed E-state index contributed by atoms with van der Waals surface area (Å²) in [5, 5.41) is 2.58. The molecule has 0 radical (unpaired) electrons. The van der Waals surface area contributed by atoms with Gasteiger partial charge in [-0.1, -0.05) is 0 Å². The topological polar surface area (TPSA) is 73.9 Å². The van der Waals surface area contributed by atoms with Gasteiger partial charge < -0.3 is 24.3 Å². The van der Waals surface area contributed by atoms with E-state index in [2.05, 4.69) is 5.32 Å². The Morgan fingerprint density at radius 2 is 1.77 bits per heavy atom. The van der Waals surface area contributed by atoms with Crippen molar-refractivity contribution in [2.24, 2.45) is 0 Å². The van der Waals surface area contributed by atoms with Crippen molar-refractivity contribution in [3.8, 4) is 11.5 Å². The van der Waals surface area contributed by atoms with Crippen molar-refractivity contribution < 1.29 is 23.8 Å². The molecule has 0 bridgehead atoms. The van der Waals surface area contributed by atoms with Crippen LogP contribution in [-0.2, 0) is 15.1 Å². The molecule has 1 N–H and O–H groups in total. The van der Waals surface area contributed by atoms with Crippen LogP contribution in [-0.4, -0.2) is 32.2 Å². The Labute approximate surface area is 130 Å². The Morgan fingerprint density at radius 3 is 2.23 bits per heavy atom. The highest BCUT2D eigenvalue weighted by atomic mass is 16.6. The quantitative estimate of drug-likeness (QED) is 0.846. The van der Waals surface area contributed by atoms with Crippen LogP contribution in [0.4, 0.5) is 4.79 Å². The molecule has 0 aliphatic heterocycles. The van der Waals surface area contributed by atoms with Crippen molar-refractivity contribution in [3.05, 3.63) is 23.8 Å². The van der Waals surface area contributed by atoms with E-state index < -0.39 is 17.2 Å². The van der Waals surface area contributed by atoms with E-state index in [4.69, 9.17) is 14.2 Å². The number of methoxy groups -OCH3 is 2. The van der Waals surface area contributed by atoms with Gasteiger partial charge in [0, 0.05) is 5.56 Å². The molecule has 0 fully saturated rings. The lowest BCUT2D eigenvalue weighted by atomic mass is 9.92. The van der Waals surface area contributed by atoms with Gasteiger partial charge in [-0.25, -0.2) is 4.79 Å². The van der Waals surface area contributed by atoms with Crippen LogP contribution >= 0.6 is 0 Å². The zero-order chi connectivity index (χ0) is 17.0. The second-order valence-electron chi connectivity index (χ2n) is 6.01. The van der Waals surface area contributed by atoms with Crippen LogP contribution in [0.25, 0.3) is 0 Å². The van der Waals surface area contributed by atoms with Crippen LogP contribution in [0.5, 0.6) is 11.5 Å². The third-order valence-electron chi connectivity index (χ3n) is 2.96. The molecule has 6 heteroatoms. The smallest absolute Gasteiger partial charge is 0.408 e. The van der Waals surface area contributed by atoms with Gasteiger partial charge in [0.25, 0.3) is 0 Å². The summed E-state index contributed by atoms with van der Waals surface area (Å²) in [7, 11) is 3.01. The lowest BCUT2D eigenvalue weighted by Gasteiger charge is -2.29. The molecule has 1 unspecified atom stereocenters.